The molecule has 0 saturated heterocycles. The average Bonchev–Trinajstić information content (AvgIpc) is 3.13. The number of amides is 2. The largest absolute Gasteiger partial charge is 0.496 e. The number of fused-ring (bicyclic) bond motifs is 1. The van der Waals surface area contributed by atoms with E-state index in [4.69, 9.17) is 27.9 Å². The van der Waals surface area contributed by atoms with Gasteiger partial charge in [0, 0.05) is 16.8 Å². The first-order valence-electron chi connectivity index (χ1n) is 8.74. The minimum Gasteiger partial charge on any atom is -0.496 e. The first-order chi connectivity index (χ1) is 14.0. The summed E-state index contributed by atoms with van der Waals surface area (Å²) in [6.45, 7) is 0. The van der Waals surface area contributed by atoms with Gasteiger partial charge in [-0.2, -0.15) is 5.10 Å². The number of carbonyl (C=O) groups is 2. The lowest BCUT2D eigenvalue weighted by atomic mass is 10.1. The van der Waals surface area contributed by atoms with E-state index in [0.29, 0.717) is 32.9 Å². The number of carbonyl (C=O) groups excluding carboxylic acids is 2. The number of para-hydroxylation sites is 1. The molecule has 4 rings (SSSR count). The topological polar surface area (TPSA) is 85.2 Å². The predicted molar refractivity (Wildman–Crippen MR) is 112 cm³/mol. The van der Waals surface area contributed by atoms with Gasteiger partial charge in [-0.05, 0) is 24.3 Å². The Morgan fingerprint density at radius 2 is 2.00 bits per heavy atom. The minimum absolute atomic E-state index is 0.0345. The van der Waals surface area contributed by atoms with Crippen molar-refractivity contribution in [1.82, 2.24) is 9.78 Å². The van der Waals surface area contributed by atoms with Gasteiger partial charge < -0.3 is 15.4 Å². The van der Waals surface area contributed by atoms with Gasteiger partial charge in [-0.15, -0.1) is 0 Å². The highest BCUT2D eigenvalue weighted by Gasteiger charge is 2.33. The fraction of sp³-hybridized carbons (Fsp3) is 0.150. The molecule has 148 valence electrons. The molecule has 2 heterocycles. The average molecular weight is 431 g/mol. The van der Waals surface area contributed by atoms with Crippen LogP contribution in [0.3, 0.4) is 0 Å². The summed E-state index contributed by atoms with van der Waals surface area (Å²) < 4.78 is 6.92. The van der Waals surface area contributed by atoms with Crippen molar-refractivity contribution in [3.05, 3.63) is 58.7 Å². The molecule has 1 aliphatic rings. The maximum Gasteiger partial charge on any atom is 0.249 e. The van der Waals surface area contributed by atoms with E-state index in [1.165, 1.54) is 4.68 Å². The molecule has 2 aromatic carbocycles. The molecule has 29 heavy (non-hydrogen) atoms. The van der Waals surface area contributed by atoms with Crippen LogP contribution in [0.1, 0.15) is 12.5 Å². The highest BCUT2D eigenvalue weighted by atomic mass is 35.5. The van der Waals surface area contributed by atoms with Crippen LogP contribution in [-0.4, -0.2) is 28.7 Å². The van der Waals surface area contributed by atoms with Crippen LogP contribution in [0.25, 0.3) is 11.1 Å². The van der Waals surface area contributed by atoms with Gasteiger partial charge in [0.1, 0.15) is 17.6 Å². The van der Waals surface area contributed by atoms with E-state index in [2.05, 4.69) is 15.7 Å². The number of nitrogens with zero attached hydrogens (tertiary/aromatic N) is 2. The quantitative estimate of drug-likeness (QED) is 0.642. The third-order valence-electron chi connectivity index (χ3n) is 4.61. The van der Waals surface area contributed by atoms with Crippen LogP contribution in [-0.2, 0) is 9.59 Å². The molecule has 0 aliphatic carbocycles. The van der Waals surface area contributed by atoms with Gasteiger partial charge >= 0.3 is 0 Å². The van der Waals surface area contributed by atoms with Crippen molar-refractivity contribution in [2.45, 2.75) is 12.5 Å². The van der Waals surface area contributed by atoms with Crippen LogP contribution in [0.15, 0.2) is 48.7 Å². The van der Waals surface area contributed by atoms with Crippen molar-refractivity contribution in [3.8, 4) is 16.9 Å². The first-order valence-corrected chi connectivity index (χ1v) is 9.50. The van der Waals surface area contributed by atoms with Gasteiger partial charge in [0.05, 0.1) is 29.8 Å². The Balaban J connectivity index is 1.68. The molecule has 9 heteroatoms. The number of ether oxygens (including phenoxy) is 1. The number of halogens is 2. The lowest BCUT2D eigenvalue weighted by molar-refractivity contribution is -0.125. The molecule has 0 unspecified atom stereocenters. The van der Waals surface area contributed by atoms with Crippen molar-refractivity contribution >= 4 is 46.5 Å². The molecule has 0 fully saturated rings. The Morgan fingerprint density at radius 3 is 2.76 bits per heavy atom. The number of rotatable bonds is 4. The zero-order valence-electron chi connectivity index (χ0n) is 15.3. The molecule has 3 aromatic rings. The fourth-order valence-electron chi connectivity index (χ4n) is 3.24. The van der Waals surface area contributed by atoms with E-state index in [9.17, 15) is 9.59 Å². The number of hydrogen-bond acceptors (Lipinski definition) is 4. The molecule has 2 amide bonds. The van der Waals surface area contributed by atoms with Crippen molar-refractivity contribution in [2.24, 2.45) is 0 Å². The number of hydrogen-bond donors (Lipinski definition) is 2. The Morgan fingerprint density at radius 1 is 1.21 bits per heavy atom. The highest BCUT2D eigenvalue weighted by Crippen LogP contribution is 2.38. The van der Waals surface area contributed by atoms with Crippen LogP contribution >= 0.6 is 23.2 Å². The smallest absolute Gasteiger partial charge is 0.249 e. The molecular formula is C20H16Cl2N4O3. The Kier molecular flexibility index (Phi) is 5.17. The predicted octanol–water partition coefficient (Wildman–Crippen LogP) is 4.39. The molecule has 1 aromatic heterocycles. The third kappa shape index (κ3) is 3.66. The summed E-state index contributed by atoms with van der Waals surface area (Å²) in [5.41, 5.74) is 1.92. The van der Waals surface area contributed by atoms with Gasteiger partial charge in [0.25, 0.3) is 0 Å². The Hall–Kier alpha value is -3.03. The second kappa shape index (κ2) is 7.77. The monoisotopic (exact) mass is 430 g/mol. The van der Waals surface area contributed by atoms with E-state index in [1.807, 2.05) is 24.3 Å². The van der Waals surface area contributed by atoms with Gasteiger partial charge in [-0.1, -0.05) is 41.4 Å². The summed E-state index contributed by atoms with van der Waals surface area (Å²) in [7, 11) is 1.57. The fourth-order valence-corrected chi connectivity index (χ4v) is 3.53. The molecule has 7 nitrogen and oxygen atoms in total. The van der Waals surface area contributed by atoms with Gasteiger partial charge in [-0.25, -0.2) is 4.68 Å². The van der Waals surface area contributed by atoms with Crippen molar-refractivity contribution < 1.29 is 14.3 Å². The van der Waals surface area contributed by atoms with Gasteiger partial charge in [0.15, 0.2) is 0 Å². The zero-order chi connectivity index (χ0) is 20.5. The standard InChI is InChI=1S/C20H16Cl2N4O3/c1-29-17-5-3-2-4-12(17)13-10-23-26-16(9-18(27)25-19(13)26)20(28)24-11-6-7-14(21)15(22)8-11/h2-8,10,16H,9H2,1H3,(H,24,28)(H,25,27)/t16-/m1/s1. The van der Waals surface area contributed by atoms with E-state index in [0.717, 1.165) is 5.56 Å². The molecule has 0 spiro atoms. The van der Waals surface area contributed by atoms with Crippen LogP contribution in [0, 0.1) is 0 Å². The van der Waals surface area contributed by atoms with Gasteiger partial charge in [-0.3, -0.25) is 9.59 Å². The summed E-state index contributed by atoms with van der Waals surface area (Å²) in [5.74, 6) is 0.428. The summed E-state index contributed by atoms with van der Waals surface area (Å²) in [6, 6.07) is 11.4. The summed E-state index contributed by atoms with van der Waals surface area (Å²) in [5, 5.41) is 10.6. The van der Waals surface area contributed by atoms with E-state index >= 15 is 0 Å². The molecule has 1 atom stereocenters. The van der Waals surface area contributed by atoms with Crippen LogP contribution in [0.5, 0.6) is 5.75 Å². The maximum absolute atomic E-state index is 12.9. The SMILES string of the molecule is COc1ccccc1-c1cnn2c1NC(=O)C[C@@H]2C(=O)Nc1ccc(Cl)c(Cl)c1. The second-order valence-electron chi connectivity index (χ2n) is 6.44. The zero-order valence-corrected chi connectivity index (χ0v) is 16.8. The summed E-state index contributed by atoms with van der Waals surface area (Å²) in [6.07, 6.45) is 1.57. The number of methoxy groups -OCH3 is 1. The maximum atomic E-state index is 12.9. The Bertz CT molecular complexity index is 1110. The molecule has 2 N–H and O–H groups in total. The van der Waals surface area contributed by atoms with E-state index in [-0.39, 0.29) is 18.2 Å². The first kappa shape index (κ1) is 19.3. The lowest BCUT2D eigenvalue weighted by Gasteiger charge is -2.24. The molecule has 0 radical (unpaired) electrons. The van der Waals surface area contributed by atoms with Crippen molar-refractivity contribution in [3.63, 3.8) is 0 Å². The van der Waals surface area contributed by atoms with E-state index in [1.54, 1.807) is 31.5 Å². The number of benzene rings is 2. The lowest BCUT2D eigenvalue weighted by Crippen LogP contribution is -2.35. The minimum atomic E-state index is -0.809. The summed E-state index contributed by atoms with van der Waals surface area (Å²) >= 11 is 11.9. The summed E-state index contributed by atoms with van der Waals surface area (Å²) in [4.78, 5) is 25.2. The molecule has 0 saturated carbocycles. The normalized spacial score (nSPS) is 15.4. The Labute approximate surface area is 176 Å². The molecular weight excluding hydrogens is 415 g/mol. The van der Waals surface area contributed by atoms with E-state index < -0.39 is 6.04 Å². The third-order valence-corrected chi connectivity index (χ3v) is 5.35. The van der Waals surface area contributed by atoms with Crippen LogP contribution < -0.4 is 15.4 Å². The number of nitrogens with one attached hydrogen (secondary N) is 2. The van der Waals surface area contributed by atoms with Crippen LogP contribution in [0.4, 0.5) is 11.5 Å². The second-order valence-corrected chi connectivity index (χ2v) is 7.25. The van der Waals surface area contributed by atoms with Crippen LogP contribution in [0.2, 0.25) is 10.0 Å². The molecule has 1 aliphatic heterocycles. The van der Waals surface area contributed by atoms with Crippen molar-refractivity contribution in [1.29, 1.82) is 0 Å². The van der Waals surface area contributed by atoms with Crippen molar-refractivity contribution in [2.75, 3.05) is 17.7 Å². The number of anilines is 2. The number of aromatic nitrogens is 2. The molecule has 0 bridgehead atoms. The van der Waals surface area contributed by atoms with Gasteiger partial charge in [0.2, 0.25) is 11.8 Å². The highest BCUT2D eigenvalue weighted by molar-refractivity contribution is 6.42.